The molecule has 0 radical (unpaired) electrons. The molecule has 24 heavy (non-hydrogen) atoms. The van der Waals surface area contributed by atoms with Gasteiger partial charge in [-0.3, -0.25) is 19.5 Å². The van der Waals surface area contributed by atoms with E-state index in [1.165, 1.54) is 35.0 Å². The number of aromatic nitrogens is 1. The molecule has 0 spiro atoms. The van der Waals surface area contributed by atoms with Crippen molar-refractivity contribution in [3.63, 3.8) is 0 Å². The Hall–Kier alpha value is -2.80. The van der Waals surface area contributed by atoms with E-state index in [-0.39, 0.29) is 10.7 Å². The predicted octanol–water partition coefficient (Wildman–Crippen LogP) is 3.05. The van der Waals surface area contributed by atoms with Gasteiger partial charge in [-0.1, -0.05) is 11.6 Å². The normalized spacial score (nSPS) is 15.2. The number of fused-ring (bicyclic) bond motifs is 1. The number of rotatable bonds is 2. The topological polar surface area (TPSA) is 100 Å². The SMILES string of the molecule is CC1(C)C=C(n2cc(N)cc(Cl)c2=O)c2cc([N+](=O)[O-])ccc2O1. The van der Waals surface area contributed by atoms with E-state index in [9.17, 15) is 14.9 Å². The third-order valence-electron chi connectivity index (χ3n) is 3.56. The summed E-state index contributed by atoms with van der Waals surface area (Å²) in [6, 6.07) is 5.59. The molecule has 1 aromatic carbocycles. The van der Waals surface area contributed by atoms with Gasteiger partial charge in [-0.2, -0.15) is 0 Å². The van der Waals surface area contributed by atoms with E-state index in [0.717, 1.165) is 0 Å². The quantitative estimate of drug-likeness (QED) is 0.664. The van der Waals surface area contributed by atoms with Crippen LogP contribution in [0, 0.1) is 10.1 Å². The maximum absolute atomic E-state index is 12.4. The molecule has 0 fully saturated rings. The first-order chi connectivity index (χ1) is 11.2. The lowest BCUT2D eigenvalue weighted by molar-refractivity contribution is -0.384. The lowest BCUT2D eigenvalue weighted by Gasteiger charge is -2.31. The van der Waals surface area contributed by atoms with Crippen molar-refractivity contribution >= 4 is 28.7 Å². The van der Waals surface area contributed by atoms with Crippen molar-refractivity contribution in [2.75, 3.05) is 5.73 Å². The number of anilines is 1. The minimum absolute atomic E-state index is 0.0350. The predicted molar refractivity (Wildman–Crippen MR) is 91.3 cm³/mol. The summed E-state index contributed by atoms with van der Waals surface area (Å²) in [6.45, 7) is 3.63. The van der Waals surface area contributed by atoms with Crippen molar-refractivity contribution in [2.24, 2.45) is 0 Å². The van der Waals surface area contributed by atoms with E-state index < -0.39 is 16.1 Å². The van der Waals surface area contributed by atoms with Crippen LogP contribution >= 0.6 is 11.6 Å². The van der Waals surface area contributed by atoms with E-state index in [1.54, 1.807) is 6.08 Å². The van der Waals surface area contributed by atoms with Gasteiger partial charge in [0.05, 0.1) is 16.3 Å². The molecule has 2 heterocycles. The van der Waals surface area contributed by atoms with E-state index in [1.807, 2.05) is 13.8 Å². The van der Waals surface area contributed by atoms with Gasteiger partial charge in [0.25, 0.3) is 11.2 Å². The highest BCUT2D eigenvalue weighted by Crippen LogP contribution is 2.38. The van der Waals surface area contributed by atoms with Crippen LogP contribution in [0.5, 0.6) is 5.75 Å². The largest absolute Gasteiger partial charge is 0.483 e. The molecule has 0 atom stereocenters. The lowest BCUT2D eigenvalue weighted by Crippen LogP contribution is -2.32. The van der Waals surface area contributed by atoms with Gasteiger partial charge >= 0.3 is 0 Å². The van der Waals surface area contributed by atoms with Crippen molar-refractivity contribution < 1.29 is 9.66 Å². The maximum atomic E-state index is 12.4. The highest BCUT2D eigenvalue weighted by Gasteiger charge is 2.29. The highest BCUT2D eigenvalue weighted by atomic mass is 35.5. The maximum Gasteiger partial charge on any atom is 0.273 e. The van der Waals surface area contributed by atoms with E-state index in [4.69, 9.17) is 22.1 Å². The molecule has 0 bridgehead atoms. The van der Waals surface area contributed by atoms with Gasteiger partial charge in [0.15, 0.2) is 0 Å². The molecule has 0 aliphatic carbocycles. The monoisotopic (exact) mass is 347 g/mol. The highest BCUT2D eigenvalue weighted by molar-refractivity contribution is 6.30. The minimum atomic E-state index is -0.713. The number of nitrogen functional groups attached to an aromatic ring is 1. The van der Waals surface area contributed by atoms with Crippen LogP contribution in [0.25, 0.3) is 5.70 Å². The first-order valence-corrected chi connectivity index (χ1v) is 7.44. The molecule has 1 aliphatic rings. The van der Waals surface area contributed by atoms with Crippen molar-refractivity contribution in [2.45, 2.75) is 19.4 Å². The number of non-ortho nitro benzene ring substituents is 1. The number of halogens is 1. The van der Waals surface area contributed by atoms with Crippen LogP contribution in [0.15, 0.2) is 41.3 Å². The Morgan fingerprint density at radius 3 is 2.71 bits per heavy atom. The van der Waals surface area contributed by atoms with Gasteiger partial charge in [-0.05, 0) is 32.1 Å². The van der Waals surface area contributed by atoms with Crippen LogP contribution in [-0.2, 0) is 0 Å². The Morgan fingerprint density at radius 2 is 2.04 bits per heavy atom. The molecule has 7 nitrogen and oxygen atoms in total. The molecule has 0 saturated heterocycles. The fourth-order valence-electron chi connectivity index (χ4n) is 2.59. The Bertz CT molecular complexity index is 947. The number of hydrogen-bond acceptors (Lipinski definition) is 5. The molecule has 8 heteroatoms. The number of nitrogens with two attached hydrogens (primary N) is 1. The number of nitro benzene ring substituents is 1. The van der Waals surface area contributed by atoms with Crippen LogP contribution < -0.4 is 16.0 Å². The summed E-state index contributed by atoms with van der Waals surface area (Å²) in [6.07, 6.45) is 3.14. The Morgan fingerprint density at radius 1 is 1.33 bits per heavy atom. The van der Waals surface area contributed by atoms with Crippen LogP contribution in [0.3, 0.4) is 0 Å². The smallest absolute Gasteiger partial charge is 0.273 e. The number of ether oxygens (including phenoxy) is 1. The van der Waals surface area contributed by atoms with Gasteiger partial charge < -0.3 is 10.5 Å². The number of nitrogens with zero attached hydrogens (tertiary/aromatic N) is 2. The number of benzene rings is 1. The second kappa shape index (κ2) is 5.38. The molecule has 2 N–H and O–H groups in total. The summed E-state index contributed by atoms with van der Waals surface area (Å²) in [5.74, 6) is 0.438. The Labute approximate surface area is 142 Å². The molecule has 2 aromatic rings. The van der Waals surface area contributed by atoms with Crippen molar-refractivity contribution in [3.8, 4) is 5.75 Å². The number of nitro groups is 1. The molecular formula is C16H14ClN3O4. The fourth-order valence-corrected chi connectivity index (χ4v) is 2.80. The summed E-state index contributed by atoms with van der Waals surface area (Å²) in [7, 11) is 0. The van der Waals surface area contributed by atoms with Gasteiger partial charge in [0.1, 0.15) is 16.4 Å². The number of pyridine rings is 1. The molecule has 3 rings (SSSR count). The molecule has 1 aliphatic heterocycles. The third kappa shape index (κ3) is 2.74. The van der Waals surface area contributed by atoms with Crippen LogP contribution in [0.4, 0.5) is 11.4 Å². The summed E-state index contributed by atoms with van der Waals surface area (Å²) in [5.41, 5.74) is 5.67. The molecule has 0 unspecified atom stereocenters. The first kappa shape index (κ1) is 16.1. The van der Waals surface area contributed by atoms with Crippen molar-refractivity contribution in [1.29, 1.82) is 0 Å². The van der Waals surface area contributed by atoms with Gasteiger partial charge in [0, 0.05) is 23.9 Å². The Kier molecular flexibility index (Phi) is 3.60. The zero-order valence-corrected chi connectivity index (χ0v) is 13.7. The minimum Gasteiger partial charge on any atom is -0.483 e. The Balaban J connectivity index is 2.31. The van der Waals surface area contributed by atoms with Gasteiger partial charge in [-0.25, -0.2) is 0 Å². The molecule has 1 aromatic heterocycles. The van der Waals surface area contributed by atoms with Crippen LogP contribution in [-0.4, -0.2) is 15.1 Å². The summed E-state index contributed by atoms with van der Waals surface area (Å²) >= 11 is 5.94. The second-order valence-corrected chi connectivity index (χ2v) is 6.38. The molecular weight excluding hydrogens is 334 g/mol. The van der Waals surface area contributed by atoms with Crippen LogP contribution in [0.2, 0.25) is 5.02 Å². The zero-order valence-electron chi connectivity index (χ0n) is 12.9. The summed E-state index contributed by atoms with van der Waals surface area (Å²) < 4.78 is 7.11. The fraction of sp³-hybridized carbons (Fsp3) is 0.188. The van der Waals surface area contributed by atoms with E-state index in [0.29, 0.717) is 22.7 Å². The van der Waals surface area contributed by atoms with Crippen molar-refractivity contribution in [3.05, 3.63) is 67.6 Å². The van der Waals surface area contributed by atoms with Gasteiger partial charge in [-0.15, -0.1) is 0 Å². The first-order valence-electron chi connectivity index (χ1n) is 7.07. The average Bonchev–Trinajstić information content (AvgIpc) is 2.48. The van der Waals surface area contributed by atoms with E-state index >= 15 is 0 Å². The molecule has 0 amide bonds. The second-order valence-electron chi connectivity index (χ2n) is 5.97. The molecule has 0 saturated carbocycles. The van der Waals surface area contributed by atoms with Crippen molar-refractivity contribution in [1.82, 2.24) is 4.57 Å². The third-order valence-corrected chi connectivity index (χ3v) is 3.83. The zero-order chi connectivity index (χ0) is 17.6. The standard InChI is InChI=1S/C16H14ClN3O4/c1-16(2)7-13(19-8-9(18)5-12(17)15(19)21)11-6-10(20(22)23)3-4-14(11)24-16/h3-8H,18H2,1-2H3. The number of hydrogen-bond donors (Lipinski definition) is 1. The van der Waals surface area contributed by atoms with Gasteiger partial charge in [0.2, 0.25) is 0 Å². The lowest BCUT2D eigenvalue weighted by atomic mass is 9.98. The van der Waals surface area contributed by atoms with Crippen LogP contribution in [0.1, 0.15) is 19.4 Å². The average molecular weight is 348 g/mol. The molecule has 124 valence electrons. The van der Waals surface area contributed by atoms with E-state index in [2.05, 4.69) is 0 Å². The summed E-state index contributed by atoms with van der Waals surface area (Å²) in [5, 5.41) is 11.0. The summed E-state index contributed by atoms with van der Waals surface area (Å²) in [4.78, 5) is 23.0.